The number of amides is 1. The number of hydrogen-bond donors (Lipinski definition) is 1. The van der Waals surface area contributed by atoms with Gasteiger partial charge in [0.2, 0.25) is 0 Å². The number of aryl methyl sites for hydroxylation is 1. The van der Waals surface area contributed by atoms with Crippen molar-refractivity contribution in [3.05, 3.63) is 64.2 Å². The second kappa shape index (κ2) is 8.85. The molecule has 0 aliphatic carbocycles. The van der Waals surface area contributed by atoms with Crippen molar-refractivity contribution in [1.82, 2.24) is 19.9 Å². The summed E-state index contributed by atoms with van der Waals surface area (Å²) in [7, 11) is 5.30. The number of ether oxygens (including phenoxy) is 1. The van der Waals surface area contributed by atoms with E-state index in [1.807, 2.05) is 25.9 Å². The maximum atomic E-state index is 13.2. The van der Waals surface area contributed by atoms with Crippen LogP contribution in [0.4, 0.5) is 0 Å². The monoisotopic (exact) mass is 396 g/mol. The van der Waals surface area contributed by atoms with Gasteiger partial charge in [0.15, 0.2) is 0 Å². The Morgan fingerprint density at radius 3 is 2.72 bits per heavy atom. The van der Waals surface area contributed by atoms with Gasteiger partial charge in [0.1, 0.15) is 18.7 Å². The number of carbonyl (C=O) groups excluding carboxylic acids is 1. The molecule has 0 saturated carbocycles. The van der Waals surface area contributed by atoms with Gasteiger partial charge in [-0.05, 0) is 56.9 Å². The SMILES string of the molecule is CONC(=O)c1ccc(C)c(-n2cnc3ccc(OCCN(C)C)cc3c2=O)c1. The van der Waals surface area contributed by atoms with Crippen molar-refractivity contribution in [3.63, 3.8) is 0 Å². The predicted molar refractivity (Wildman–Crippen MR) is 111 cm³/mol. The fourth-order valence-corrected chi connectivity index (χ4v) is 2.87. The Labute approximate surface area is 168 Å². The standard InChI is InChI=1S/C21H24N4O4/c1-14-5-6-15(20(26)23-28-4)11-19(14)25-13-22-18-8-7-16(12-17(18)21(25)27)29-10-9-24(2)3/h5-8,11-13H,9-10H2,1-4H3,(H,23,26). The first-order valence-corrected chi connectivity index (χ1v) is 9.14. The molecule has 0 radical (unpaired) electrons. The summed E-state index contributed by atoms with van der Waals surface area (Å²) in [4.78, 5) is 36.3. The second-order valence-electron chi connectivity index (χ2n) is 6.89. The molecule has 3 rings (SSSR count). The number of hydroxylamine groups is 1. The molecule has 1 heterocycles. The van der Waals surface area contributed by atoms with Gasteiger partial charge in [-0.3, -0.25) is 19.0 Å². The van der Waals surface area contributed by atoms with Crippen LogP contribution >= 0.6 is 0 Å². The van der Waals surface area contributed by atoms with Crippen LogP contribution in [-0.4, -0.2) is 54.7 Å². The summed E-state index contributed by atoms with van der Waals surface area (Å²) in [5.41, 5.74) is 4.41. The maximum absolute atomic E-state index is 13.2. The first-order chi connectivity index (χ1) is 13.9. The highest BCUT2D eigenvalue weighted by Gasteiger charge is 2.13. The Hall–Kier alpha value is -3.23. The molecule has 3 aromatic rings. The van der Waals surface area contributed by atoms with Crippen molar-refractivity contribution >= 4 is 16.8 Å². The van der Waals surface area contributed by atoms with Crippen LogP contribution < -0.4 is 15.8 Å². The highest BCUT2D eigenvalue weighted by Crippen LogP contribution is 2.19. The van der Waals surface area contributed by atoms with E-state index in [0.717, 1.165) is 12.1 Å². The molecule has 0 unspecified atom stereocenters. The first kappa shape index (κ1) is 20.5. The smallest absolute Gasteiger partial charge is 0.274 e. The van der Waals surface area contributed by atoms with Crippen LogP contribution in [0.1, 0.15) is 15.9 Å². The van der Waals surface area contributed by atoms with E-state index in [1.165, 1.54) is 18.0 Å². The van der Waals surface area contributed by atoms with Crippen LogP contribution in [0.2, 0.25) is 0 Å². The van der Waals surface area contributed by atoms with E-state index >= 15 is 0 Å². The Bertz CT molecular complexity index is 1090. The zero-order valence-electron chi connectivity index (χ0n) is 16.9. The van der Waals surface area contributed by atoms with Crippen LogP contribution in [0, 0.1) is 6.92 Å². The summed E-state index contributed by atoms with van der Waals surface area (Å²) in [6.07, 6.45) is 1.47. The van der Waals surface area contributed by atoms with Gasteiger partial charge in [0.05, 0.1) is 23.7 Å². The number of nitrogens with one attached hydrogen (secondary N) is 1. The summed E-state index contributed by atoms with van der Waals surface area (Å²) >= 11 is 0. The largest absolute Gasteiger partial charge is 0.492 e. The lowest BCUT2D eigenvalue weighted by Crippen LogP contribution is -2.23. The lowest BCUT2D eigenvalue weighted by molar-refractivity contribution is 0.0537. The third-order valence-electron chi connectivity index (χ3n) is 4.46. The number of hydrogen-bond acceptors (Lipinski definition) is 6. The topological polar surface area (TPSA) is 85.7 Å². The molecule has 0 saturated heterocycles. The van der Waals surface area contributed by atoms with E-state index < -0.39 is 5.91 Å². The molecular formula is C21H24N4O4. The molecule has 0 aliphatic rings. The zero-order valence-corrected chi connectivity index (χ0v) is 16.9. The van der Waals surface area contributed by atoms with Gasteiger partial charge in [0, 0.05) is 12.1 Å². The van der Waals surface area contributed by atoms with Crippen molar-refractivity contribution in [2.24, 2.45) is 0 Å². The van der Waals surface area contributed by atoms with E-state index in [2.05, 4.69) is 15.3 Å². The second-order valence-corrected chi connectivity index (χ2v) is 6.89. The molecule has 152 valence electrons. The van der Waals surface area contributed by atoms with Crippen LogP contribution in [-0.2, 0) is 4.84 Å². The third-order valence-corrected chi connectivity index (χ3v) is 4.46. The van der Waals surface area contributed by atoms with Gasteiger partial charge in [-0.2, -0.15) is 0 Å². The number of rotatable bonds is 7. The summed E-state index contributed by atoms with van der Waals surface area (Å²) < 4.78 is 7.18. The third kappa shape index (κ3) is 4.61. The van der Waals surface area contributed by atoms with E-state index in [4.69, 9.17) is 4.74 Å². The Kier molecular flexibility index (Phi) is 6.26. The van der Waals surface area contributed by atoms with Gasteiger partial charge in [-0.25, -0.2) is 10.5 Å². The van der Waals surface area contributed by atoms with E-state index in [9.17, 15) is 9.59 Å². The van der Waals surface area contributed by atoms with Gasteiger partial charge in [-0.1, -0.05) is 6.07 Å². The van der Waals surface area contributed by atoms with Crippen LogP contribution in [0.5, 0.6) is 5.75 Å². The average Bonchev–Trinajstić information content (AvgIpc) is 2.69. The molecule has 1 N–H and O–H groups in total. The minimum atomic E-state index is -0.396. The van der Waals surface area contributed by atoms with Crippen molar-refractivity contribution in [1.29, 1.82) is 0 Å². The quantitative estimate of drug-likeness (QED) is 0.614. The van der Waals surface area contributed by atoms with Gasteiger partial charge >= 0.3 is 0 Å². The van der Waals surface area contributed by atoms with Gasteiger partial charge in [-0.15, -0.1) is 0 Å². The van der Waals surface area contributed by atoms with Crippen LogP contribution in [0.3, 0.4) is 0 Å². The molecule has 0 spiro atoms. The lowest BCUT2D eigenvalue weighted by atomic mass is 10.1. The number of fused-ring (bicyclic) bond motifs is 1. The molecule has 0 aliphatic heterocycles. The Morgan fingerprint density at radius 1 is 1.21 bits per heavy atom. The molecule has 29 heavy (non-hydrogen) atoms. The highest BCUT2D eigenvalue weighted by molar-refractivity contribution is 5.94. The van der Waals surface area contributed by atoms with Gasteiger partial charge in [0.25, 0.3) is 11.5 Å². The highest BCUT2D eigenvalue weighted by atomic mass is 16.6. The fourth-order valence-electron chi connectivity index (χ4n) is 2.87. The number of carbonyl (C=O) groups is 1. The molecular weight excluding hydrogens is 372 g/mol. The van der Waals surface area contributed by atoms with Crippen LogP contribution in [0.15, 0.2) is 47.5 Å². The molecule has 0 bridgehead atoms. The molecule has 2 aromatic carbocycles. The van der Waals surface area contributed by atoms with Crippen molar-refractivity contribution < 1.29 is 14.4 Å². The summed E-state index contributed by atoms with van der Waals surface area (Å²) in [6.45, 7) is 3.15. The normalized spacial score (nSPS) is 11.1. The number of nitrogens with zero attached hydrogens (tertiary/aromatic N) is 3. The first-order valence-electron chi connectivity index (χ1n) is 9.14. The van der Waals surface area contributed by atoms with Gasteiger partial charge < -0.3 is 9.64 Å². The summed E-state index contributed by atoms with van der Waals surface area (Å²) in [6, 6.07) is 10.3. The van der Waals surface area contributed by atoms with E-state index in [0.29, 0.717) is 34.5 Å². The molecule has 1 amide bonds. The van der Waals surface area contributed by atoms with E-state index in [1.54, 1.807) is 36.4 Å². The zero-order chi connectivity index (χ0) is 21.0. The van der Waals surface area contributed by atoms with Crippen molar-refractivity contribution in [3.8, 4) is 11.4 Å². The number of benzene rings is 2. The Balaban J connectivity index is 2.02. The minimum Gasteiger partial charge on any atom is -0.492 e. The summed E-state index contributed by atoms with van der Waals surface area (Å²) in [5, 5.41) is 0.445. The predicted octanol–water partition coefficient (Wildman–Crippen LogP) is 1.93. The fraction of sp³-hybridized carbons (Fsp3) is 0.286. The molecule has 0 atom stereocenters. The Morgan fingerprint density at radius 2 is 2.00 bits per heavy atom. The lowest BCUT2D eigenvalue weighted by Gasteiger charge is -2.13. The molecule has 0 fully saturated rings. The molecule has 1 aromatic heterocycles. The number of aromatic nitrogens is 2. The maximum Gasteiger partial charge on any atom is 0.274 e. The van der Waals surface area contributed by atoms with Crippen molar-refractivity contribution in [2.45, 2.75) is 6.92 Å². The number of likely N-dealkylation sites (N-methyl/N-ethyl adjacent to an activating group) is 1. The molecule has 8 heteroatoms. The van der Waals surface area contributed by atoms with E-state index in [-0.39, 0.29) is 5.56 Å². The van der Waals surface area contributed by atoms with Crippen LogP contribution in [0.25, 0.3) is 16.6 Å². The summed E-state index contributed by atoms with van der Waals surface area (Å²) in [5.74, 6) is 0.216. The molecule has 8 nitrogen and oxygen atoms in total. The average molecular weight is 396 g/mol. The van der Waals surface area contributed by atoms with Crippen molar-refractivity contribution in [2.75, 3.05) is 34.4 Å². The minimum absolute atomic E-state index is 0.236.